The van der Waals surface area contributed by atoms with Gasteiger partial charge in [-0.3, -0.25) is 4.79 Å². The summed E-state index contributed by atoms with van der Waals surface area (Å²) in [7, 11) is -3.91. The van der Waals surface area contributed by atoms with Crippen molar-refractivity contribution in [3.63, 3.8) is 0 Å². The van der Waals surface area contributed by atoms with Crippen LogP contribution in [0.15, 0.2) is 0 Å². The van der Waals surface area contributed by atoms with E-state index in [4.69, 9.17) is 28.5 Å². The highest BCUT2D eigenvalue weighted by Gasteiger charge is 2.32. The van der Waals surface area contributed by atoms with Crippen molar-refractivity contribution in [2.24, 2.45) is 0 Å². The first-order valence-corrected chi connectivity index (χ1v) is 38.3. The Balaban J connectivity index is 3.31. The van der Waals surface area contributed by atoms with E-state index in [2.05, 4.69) is 213 Å². The number of ether oxygens (including phenoxy) is 2. The second kappa shape index (κ2) is 81.4. The lowest BCUT2D eigenvalue weighted by atomic mass is 10.0. The largest absolute Gasteiger partial charge is 0.455 e. The third kappa shape index (κ3) is 84.8. The zero-order valence-corrected chi connectivity index (χ0v) is 57.0. The quantitative estimate of drug-likeness (QED) is 0.0148. The SMILES string of the molecule is C[Si](C)(CCCOCCOCCCCCCCCCCCCCCCCCCCCCCCCCCCCCCCCCCCCCC=[OH+])O[Si](C)(C)CCCOOOOOOOOOOOOOOOOOOOOOOOOOOOOOOOOOOOOOOO. The zero-order chi connectivity index (χ0) is 68.5. The molecule has 0 fully saturated rings. The number of hydrogen-bond donors (Lipinski definition) is 1. The van der Waals surface area contributed by atoms with E-state index in [-0.39, 0.29) is 6.61 Å². The van der Waals surface area contributed by atoms with Crippen LogP contribution >= 0.6 is 0 Å². The summed E-state index contributed by atoms with van der Waals surface area (Å²) in [5, 5.41) is 141. The lowest BCUT2D eigenvalue weighted by Crippen LogP contribution is -2.44. The van der Waals surface area contributed by atoms with E-state index in [0.717, 1.165) is 44.4 Å². The van der Waals surface area contributed by atoms with Crippen molar-refractivity contribution in [1.29, 1.82) is 0 Å². The molecule has 0 bridgehead atoms. The van der Waals surface area contributed by atoms with Gasteiger partial charge in [-0.2, -0.15) is 0 Å². The molecule has 0 aromatic heterocycles. The lowest BCUT2D eigenvalue weighted by Gasteiger charge is -2.34. The average Bonchev–Trinajstić information content (AvgIpc) is 1.06. The first-order valence-electron chi connectivity index (χ1n) is 32.1. The molecule has 0 radical (unpaired) electrons. The van der Waals surface area contributed by atoms with Gasteiger partial charge in [-0.25, -0.2) is 10.1 Å². The van der Waals surface area contributed by atoms with Crippen LogP contribution < -0.4 is 0 Å². The van der Waals surface area contributed by atoms with Crippen molar-refractivity contribution >= 4 is 22.9 Å². The molecular weight excluding hydrogens is 1340 g/mol. The van der Waals surface area contributed by atoms with Gasteiger partial charge in [0.1, 0.15) is 0 Å². The Morgan fingerprint density at radius 1 is 0.221 bits per heavy atom. The smallest absolute Gasteiger partial charge is 0.281 e. The number of carbonyl (C=O) groups excluding carboxylic acids is 1. The highest BCUT2D eigenvalue weighted by atomic mass is 28.4. The molecule has 95 heavy (non-hydrogen) atoms. The molecule has 0 saturated heterocycles. The summed E-state index contributed by atoms with van der Waals surface area (Å²) >= 11 is 0. The highest BCUT2D eigenvalue weighted by Crippen LogP contribution is 2.24. The Morgan fingerprint density at radius 2 is 0.411 bits per heavy atom. The van der Waals surface area contributed by atoms with Crippen LogP contribution in [0.5, 0.6) is 0 Å². The van der Waals surface area contributed by atoms with Crippen LogP contribution in [0.3, 0.4) is 0 Å². The van der Waals surface area contributed by atoms with Gasteiger partial charge >= 0.3 is 0 Å². The van der Waals surface area contributed by atoms with Crippen LogP contribution in [0.25, 0.3) is 0 Å². The first-order chi connectivity index (χ1) is 46.8. The van der Waals surface area contributed by atoms with Crippen LogP contribution in [-0.2, 0) is 205 Å². The molecule has 0 aromatic rings. The van der Waals surface area contributed by atoms with Crippen molar-refractivity contribution < 1.29 is 215 Å². The molecule has 0 aliphatic rings. The highest BCUT2D eigenvalue weighted by molar-refractivity contribution is 6.84. The number of rotatable bonds is 88. The monoisotopic (exact) mass is 1450 g/mol. The topological polar surface area (TPSA) is 420 Å². The minimum Gasteiger partial charge on any atom is -0.455 e. The molecule has 43 nitrogen and oxygen atoms in total. The fourth-order valence-electron chi connectivity index (χ4n) is 9.05. The molecule has 570 valence electrons. The maximum atomic E-state index is 8.72. The third-order valence-corrected chi connectivity index (χ3v) is 20.7. The van der Waals surface area contributed by atoms with E-state index in [1.807, 2.05) is 0 Å². The lowest BCUT2D eigenvalue weighted by molar-refractivity contribution is -0.908. The normalized spacial score (nSPS) is 12.1. The van der Waals surface area contributed by atoms with Gasteiger partial charge < -0.3 is 13.6 Å². The molecule has 0 rings (SSSR count). The van der Waals surface area contributed by atoms with Crippen LogP contribution in [0.1, 0.15) is 244 Å². The molecule has 0 spiro atoms. The van der Waals surface area contributed by atoms with E-state index in [1.165, 1.54) is 218 Å². The second-order valence-electron chi connectivity index (χ2n) is 21.7. The van der Waals surface area contributed by atoms with E-state index < -0.39 is 16.6 Å². The summed E-state index contributed by atoms with van der Waals surface area (Å²) in [6.45, 7) is 11.6. The maximum Gasteiger partial charge on any atom is 0.281 e. The Labute approximate surface area is 552 Å². The average molecular weight is 1450 g/mol. The van der Waals surface area contributed by atoms with Gasteiger partial charge in [-0.1, -0.05) is 212 Å². The number of hydrogen-bond acceptors (Lipinski definition) is 42. The van der Waals surface area contributed by atoms with E-state index in [1.54, 1.807) is 0 Å². The van der Waals surface area contributed by atoms with Gasteiger partial charge in [-0.05, 0) is 145 Å². The summed E-state index contributed by atoms with van der Waals surface area (Å²) in [5.41, 5.74) is 0. The van der Waals surface area contributed by atoms with Crippen LogP contribution in [-0.4, -0.2) is 66.0 Å². The Bertz CT molecular complexity index is 1440. The molecular formula is C50H105O43Si2+. The van der Waals surface area contributed by atoms with Gasteiger partial charge in [0.2, 0.25) is 0 Å². The van der Waals surface area contributed by atoms with Gasteiger partial charge in [0.15, 0.2) is 16.6 Å². The predicted octanol–water partition coefficient (Wildman–Crippen LogP) is 14.4. The molecule has 0 amide bonds. The summed E-state index contributed by atoms with van der Waals surface area (Å²) in [6.07, 6.45) is 52.2. The van der Waals surface area contributed by atoms with Crippen molar-refractivity contribution in [2.45, 2.75) is 282 Å². The fraction of sp³-hybridized carbons (Fsp3) is 0.980. The second-order valence-corrected chi connectivity index (χ2v) is 30.6. The summed E-state index contributed by atoms with van der Waals surface area (Å²) < 4.78 is 18.3. The van der Waals surface area contributed by atoms with Crippen molar-refractivity contribution in [3.05, 3.63) is 0 Å². The van der Waals surface area contributed by atoms with E-state index in [0.29, 0.717) is 26.2 Å². The molecule has 0 heterocycles. The molecule has 0 aliphatic carbocycles. The standard InChI is InChI=1S/C50H104O43Si2/c1-94(2,49-41-45-54-48-47-53-44-40-38-36-34-32-30-28-26-24-22-20-18-16-14-12-10-8-6-5-7-9-11-13-15-17-19-21-23-25-27-29-31-33-35-37-39-43-51)93-95(3,4)50-42-46-55-57-59-61-63-65-67-69-71-73-75-77-79-81-83-85-87-89-91-92-90-88-86-84-82-80-78-76-74-72-70-68-66-64-62-60-58-56-52/h43,52H,5-42,44-50H2,1-4H3/p+1. The van der Waals surface area contributed by atoms with Crippen molar-refractivity contribution in [2.75, 3.05) is 33.0 Å². The number of unbranched alkanes of at least 4 members (excludes halogenated alkanes) is 35. The van der Waals surface area contributed by atoms with Gasteiger partial charge in [-0.15, -0.1) is 0 Å². The first kappa shape index (κ1) is 93.4. The van der Waals surface area contributed by atoms with Crippen molar-refractivity contribution in [1.82, 2.24) is 0 Å². The Morgan fingerprint density at radius 3 is 0.642 bits per heavy atom. The fourth-order valence-corrected chi connectivity index (χ4v) is 17.8. The molecule has 0 aromatic carbocycles. The van der Waals surface area contributed by atoms with Gasteiger partial charge in [0.05, 0.1) is 26.2 Å². The van der Waals surface area contributed by atoms with Crippen LogP contribution in [0.2, 0.25) is 38.3 Å². The van der Waals surface area contributed by atoms with E-state index >= 15 is 0 Å². The minimum atomic E-state index is -2.00. The van der Waals surface area contributed by atoms with Gasteiger partial charge in [0, 0.05) is 119 Å². The molecule has 0 aliphatic heterocycles. The Hall–Kier alpha value is -1.58. The molecule has 0 saturated carbocycles. The maximum absolute atomic E-state index is 8.72. The third-order valence-electron chi connectivity index (χ3n) is 13.2. The summed E-state index contributed by atoms with van der Waals surface area (Å²) in [5.74, 6) is 0. The molecule has 2 N–H and O–H groups in total. The number of aldehydes is 1. The Kier molecular flexibility index (Phi) is 80.0. The molecule has 0 atom stereocenters. The summed E-state index contributed by atoms with van der Waals surface area (Å²) in [6, 6.07) is 1.79. The van der Waals surface area contributed by atoms with Crippen LogP contribution in [0, 0.1) is 0 Å². The predicted molar refractivity (Wildman–Crippen MR) is 299 cm³/mol. The van der Waals surface area contributed by atoms with Crippen molar-refractivity contribution in [3.8, 4) is 0 Å². The molecule has 45 heteroatoms. The minimum absolute atomic E-state index is 0.157. The zero-order valence-electron chi connectivity index (χ0n) is 55.0. The summed E-state index contributed by atoms with van der Waals surface area (Å²) in [4.78, 5) is 13.6. The molecule has 0 unspecified atom stereocenters. The van der Waals surface area contributed by atoms with Crippen LogP contribution in [0.4, 0.5) is 0 Å². The van der Waals surface area contributed by atoms with E-state index in [9.17, 15) is 0 Å². The van der Waals surface area contributed by atoms with Gasteiger partial charge in [0.25, 0.3) is 6.29 Å².